The molecular formula is C16H13NO6S. The van der Waals surface area contributed by atoms with Crippen molar-refractivity contribution >= 4 is 29.4 Å². The molecule has 0 heterocycles. The van der Waals surface area contributed by atoms with Gasteiger partial charge < -0.3 is 9.47 Å². The van der Waals surface area contributed by atoms with Crippen LogP contribution in [0.5, 0.6) is 5.75 Å². The Balaban J connectivity index is 2.19. The van der Waals surface area contributed by atoms with Gasteiger partial charge in [-0.15, -0.1) is 11.8 Å². The molecule has 7 nitrogen and oxygen atoms in total. The van der Waals surface area contributed by atoms with Crippen LogP contribution in [0.25, 0.3) is 0 Å². The number of ether oxygens (including phenoxy) is 2. The van der Waals surface area contributed by atoms with Gasteiger partial charge in [-0.3, -0.25) is 10.1 Å². The summed E-state index contributed by atoms with van der Waals surface area (Å²) in [6.07, 6.45) is 1.71. The Kier molecular flexibility index (Phi) is 5.54. The summed E-state index contributed by atoms with van der Waals surface area (Å²) >= 11 is 1.22. The largest absolute Gasteiger partial charge is 0.465 e. The van der Waals surface area contributed by atoms with Crippen LogP contribution in [0, 0.1) is 10.1 Å². The minimum absolute atomic E-state index is 0.0662. The molecule has 0 amide bonds. The highest BCUT2D eigenvalue weighted by Gasteiger charge is 2.18. The van der Waals surface area contributed by atoms with Crippen molar-refractivity contribution in [2.24, 2.45) is 0 Å². The first-order chi connectivity index (χ1) is 11.5. The van der Waals surface area contributed by atoms with Crippen LogP contribution >= 0.6 is 11.8 Å². The van der Waals surface area contributed by atoms with Gasteiger partial charge in [0.1, 0.15) is 5.75 Å². The van der Waals surface area contributed by atoms with Crippen molar-refractivity contribution in [1.82, 2.24) is 0 Å². The van der Waals surface area contributed by atoms with Gasteiger partial charge in [0.05, 0.1) is 28.1 Å². The Hall–Kier alpha value is -2.87. The Bertz CT molecular complexity index is 788. The lowest BCUT2D eigenvalue weighted by atomic mass is 10.2. The molecule has 0 saturated heterocycles. The minimum atomic E-state index is -0.725. The van der Waals surface area contributed by atoms with Gasteiger partial charge >= 0.3 is 11.9 Å². The smallest absolute Gasteiger partial charge is 0.343 e. The summed E-state index contributed by atoms with van der Waals surface area (Å²) in [5.74, 6) is -1.02. The Morgan fingerprint density at radius 2 is 1.67 bits per heavy atom. The minimum Gasteiger partial charge on any atom is -0.465 e. The summed E-state index contributed by atoms with van der Waals surface area (Å²) in [6, 6.07) is 9.92. The molecule has 0 saturated carbocycles. The van der Waals surface area contributed by atoms with E-state index in [2.05, 4.69) is 4.74 Å². The van der Waals surface area contributed by atoms with Crippen molar-refractivity contribution in [3.8, 4) is 5.75 Å². The zero-order valence-electron chi connectivity index (χ0n) is 12.8. The number of esters is 2. The van der Waals surface area contributed by atoms with Gasteiger partial charge in [-0.2, -0.15) is 0 Å². The third-order valence-electron chi connectivity index (χ3n) is 3.10. The van der Waals surface area contributed by atoms with Crippen molar-refractivity contribution < 1.29 is 24.0 Å². The van der Waals surface area contributed by atoms with Crippen LogP contribution in [-0.2, 0) is 4.74 Å². The molecule has 0 fully saturated rings. The van der Waals surface area contributed by atoms with E-state index in [4.69, 9.17) is 4.74 Å². The van der Waals surface area contributed by atoms with E-state index >= 15 is 0 Å². The van der Waals surface area contributed by atoms with Crippen LogP contribution in [0.4, 0.5) is 5.69 Å². The van der Waals surface area contributed by atoms with Gasteiger partial charge in [-0.05, 0) is 42.7 Å². The molecule has 0 spiro atoms. The molecule has 0 aromatic heterocycles. The molecule has 2 rings (SSSR count). The molecule has 124 valence electrons. The molecule has 24 heavy (non-hydrogen) atoms. The second-order valence-corrected chi connectivity index (χ2v) is 5.40. The standard InChI is InChI=1S/C16H13NO6S/c1-22-15(18)10-3-6-12(7-4-10)23-16(19)11-5-8-14(24-2)13(9-11)17(20)21/h3-9H,1-2H3. The average molecular weight is 347 g/mol. The lowest BCUT2D eigenvalue weighted by Crippen LogP contribution is -2.09. The van der Waals surface area contributed by atoms with Crippen molar-refractivity contribution in [1.29, 1.82) is 0 Å². The zero-order chi connectivity index (χ0) is 17.7. The molecule has 0 atom stereocenters. The molecule has 0 bridgehead atoms. The van der Waals surface area contributed by atoms with Gasteiger partial charge in [-0.1, -0.05) is 0 Å². The van der Waals surface area contributed by atoms with Crippen LogP contribution in [-0.4, -0.2) is 30.2 Å². The summed E-state index contributed by atoms with van der Waals surface area (Å²) in [5.41, 5.74) is 0.229. The van der Waals surface area contributed by atoms with E-state index in [1.54, 1.807) is 6.26 Å². The molecule has 0 aliphatic heterocycles. The number of nitrogens with zero attached hydrogens (tertiary/aromatic N) is 1. The van der Waals surface area contributed by atoms with Crippen LogP contribution in [0.1, 0.15) is 20.7 Å². The molecule has 0 unspecified atom stereocenters. The van der Waals surface area contributed by atoms with Crippen molar-refractivity contribution in [2.75, 3.05) is 13.4 Å². The number of nitro benzene ring substituents is 1. The monoisotopic (exact) mass is 347 g/mol. The Morgan fingerprint density at radius 3 is 2.21 bits per heavy atom. The summed E-state index contributed by atoms with van der Waals surface area (Å²) in [7, 11) is 1.27. The summed E-state index contributed by atoms with van der Waals surface area (Å²) in [5, 5.41) is 11.0. The highest BCUT2D eigenvalue weighted by Crippen LogP contribution is 2.28. The normalized spacial score (nSPS) is 10.1. The van der Waals surface area contributed by atoms with Gasteiger partial charge in [0, 0.05) is 6.07 Å². The topological polar surface area (TPSA) is 95.7 Å². The number of hydrogen-bond acceptors (Lipinski definition) is 7. The number of hydrogen-bond donors (Lipinski definition) is 0. The molecular weight excluding hydrogens is 334 g/mol. The number of rotatable bonds is 5. The fraction of sp³-hybridized carbons (Fsp3) is 0.125. The number of methoxy groups -OCH3 is 1. The highest BCUT2D eigenvalue weighted by molar-refractivity contribution is 7.98. The fourth-order valence-electron chi connectivity index (χ4n) is 1.90. The molecule has 0 N–H and O–H groups in total. The van der Waals surface area contributed by atoms with E-state index in [1.807, 2.05) is 0 Å². The molecule has 8 heteroatoms. The van der Waals surface area contributed by atoms with Crippen molar-refractivity contribution in [3.63, 3.8) is 0 Å². The Morgan fingerprint density at radius 1 is 1.04 bits per heavy atom. The van der Waals surface area contributed by atoms with E-state index in [-0.39, 0.29) is 17.0 Å². The van der Waals surface area contributed by atoms with Crippen LogP contribution in [0.2, 0.25) is 0 Å². The summed E-state index contributed by atoms with van der Waals surface area (Å²) in [6.45, 7) is 0. The highest BCUT2D eigenvalue weighted by atomic mass is 32.2. The maximum atomic E-state index is 12.1. The summed E-state index contributed by atoms with van der Waals surface area (Å²) in [4.78, 5) is 34.4. The maximum absolute atomic E-state index is 12.1. The molecule has 0 aliphatic carbocycles. The molecule has 0 radical (unpaired) electrons. The van der Waals surface area contributed by atoms with E-state index in [1.165, 1.54) is 61.3 Å². The van der Waals surface area contributed by atoms with E-state index < -0.39 is 16.9 Å². The first-order valence-electron chi connectivity index (χ1n) is 6.69. The van der Waals surface area contributed by atoms with Gasteiger partial charge in [0.2, 0.25) is 0 Å². The number of nitro groups is 1. The number of benzene rings is 2. The van der Waals surface area contributed by atoms with Crippen LogP contribution in [0.15, 0.2) is 47.4 Å². The second-order valence-electron chi connectivity index (χ2n) is 4.55. The van der Waals surface area contributed by atoms with Gasteiger partial charge in [0.25, 0.3) is 5.69 Å². The van der Waals surface area contributed by atoms with Crippen molar-refractivity contribution in [2.45, 2.75) is 4.90 Å². The first-order valence-corrected chi connectivity index (χ1v) is 7.91. The quantitative estimate of drug-likeness (QED) is 0.269. The molecule has 2 aromatic rings. The van der Waals surface area contributed by atoms with Crippen molar-refractivity contribution in [3.05, 3.63) is 63.7 Å². The van der Waals surface area contributed by atoms with E-state index in [0.29, 0.717) is 10.5 Å². The lowest BCUT2D eigenvalue weighted by Gasteiger charge is -2.06. The predicted octanol–water partition coefficient (Wildman–Crippen LogP) is 3.32. The zero-order valence-corrected chi connectivity index (χ0v) is 13.7. The Labute approximate surface area is 141 Å². The first kappa shape index (κ1) is 17.5. The van der Waals surface area contributed by atoms with E-state index in [0.717, 1.165) is 0 Å². The molecule has 0 aliphatic rings. The fourth-order valence-corrected chi connectivity index (χ4v) is 2.45. The van der Waals surface area contributed by atoms with Crippen LogP contribution < -0.4 is 4.74 Å². The third-order valence-corrected chi connectivity index (χ3v) is 3.88. The average Bonchev–Trinajstić information content (AvgIpc) is 2.60. The lowest BCUT2D eigenvalue weighted by molar-refractivity contribution is -0.387. The van der Waals surface area contributed by atoms with Crippen LogP contribution in [0.3, 0.4) is 0 Å². The van der Waals surface area contributed by atoms with E-state index in [9.17, 15) is 19.7 Å². The number of carbonyl (C=O) groups is 2. The van der Waals surface area contributed by atoms with Gasteiger partial charge in [0.15, 0.2) is 0 Å². The number of carbonyl (C=O) groups excluding carboxylic acids is 2. The SMILES string of the molecule is COC(=O)c1ccc(OC(=O)c2ccc(SC)c([N+](=O)[O-])c2)cc1. The second kappa shape index (κ2) is 7.60. The maximum Gasteiger partial charge on any atom is 0.343 e. The predicted molar refractivity (Wildman–Crippen MR) is 87.6 cm³/mol. The number of thioether (sulfide) groups is 1. The van der Waals surface area contributed by atoms with Gasteiger partial charge in [-0.25, -0.2) is 9.59 Å². The molecule has 2 aromatic carbocycles. The third kappa shape index (κ3) is 3.90. The summed E-state index contributed by atoms with van der Waals surface area (Å²) < 4.78 is 9.73.